The highest BCUT2D eigenvalue weighted by molar-refractivity contribution is 5.90. The van der Waals surface area contributed by atoms with Crippen LogP contribution >= 0.6 is 0 Å². The van der Waals surface area contributed by atoms with Gasteiger partial charge in [0.05, 0.1) is 12.1 Å². The first-order valence-corrected chi connectivity index (χ1v) is 21.5. The summed E-state index contributed by atoms with van der Waals surface area (Å²) in [6.45, 7) is 4.63. The van der Waals surface area contributed by atoms with Gasteiger partial charge in [-0.2, -0.15) is 0 Å². The Balaban J connectivity index is 2.01. The lowest BCUT2D eigenvalue weighted by Crippen LogP contribution is -2.53. The fourth-order valence-electron chi connectivity index (χ4n) is 6.56. The number of hydrogen-bond donors (Lipinski definition) is 8. The molecular formula is C44H73N9O5. The number of rotatable bonds is 32. The van der Waals surface area contributed by atoms with Gasteiger partial charge in [0.15, 0.2) is 0 Å². The van der Waals surface area contributed by atoms with E-state index in [1.54, 1.807) is 4.90 Å². The van der Waals surface area contributed by atoms with Crippen LogP contribution in [-0.4, -0.2) is 97.9 Å². The van der Waals surface area contributed by atoms with E-state index in [4.69, 9.17) is 22.9 Å². The smallest absolute Gasteiger partial charge is 0.242 e. The number of nitrogens with one attached hydrogen (secondary N) is 4. The Morgan fingerprint density at radius 3 is 1.40 bits per heavy atom. The maximum absolute atomic E-state index is 13.4. The number of unbranched alkanes of at least 4 members (excludes halogenated alkanes) is 6. The van der Waals surface area contributed by atoms with Gasteiger partial charge in [-0.3, -0.25) is 24.0 Å². The average molecular weight is 808 g/mol. The summed E-state index contributed by atoms with van der Waals surface area (Å²) in [5.74, 6) is -1.38. The van der Waals surface area contributed by atoms with E-state index in [1.165, 1.54) is 0 Å². The second-order valence-electron chi connectivity index (χ2n) is 15.1. The zero-order chi connectivity index (χ0) is 42.4. The molecule has 0 aromatic heterocycles. The SMILES string of the molecule is CCCCCCCC(=O)N(CCCNC(=O)[C@@H](Cc1ccccc1)NC(=O)[C@H](N)CCCCN)CCCNC(=O)[C@@H](Cc1ccccc1)NC(=O)[C@H](N)CCCCN. The molecule has 5 amide bonds. The van der Waals surface area contributed by atoms with Crippen LogP contribution in [0, 0.1) is 0 Å². The molecule has 0 heterocycles. The minimum atomic E-state index is -0.817. The summed E-state index contributed by atoms with van der Waals surface area (Å²) in [6, 6.07) is 15.8. The molecule has 0 radical (unpaired) electrons. The highest BCUT2D eigenvalue weighted by Crippen LogP contribution is 2.10. The monoisotopic (exact) mass is 808 g/mol. The van der Waals surface area contributed by atoms with Crippen molar-refractivity contribution >= 4 is 29.5 Å². The average Bonchev–Trinajstić information content (AvgIpc) is 3.22. The van der Waals surface area contributed by atoms with Gasteiger partial charge in [-0.05, 0) is 69.2 Å². The fourth-order valence-corrected chi connectivity index (χ4v) is 6.56. The van der Waals surface area contributed by atoms with Crippen molar-refractivity contribution in [2.45, 2.75) is 134 Å². The molecule has 2 aromatic carbocycles. The van der Waals surface area contributed by atoms with Gasteiger partial charge in [-0.15, -0.1) is 0 Å². The van der Waals surface area contributed by atoms with Gasteiger partial charge in [0, 0.05) is 45.4 Å². The Kier molecular flexibility index (Phi) is 26.3. The minimum Gasteiger partial charge on any atom is -0.354 e. The molecule has 58 heavy (non-hydrogen) atoms. The van der Waals surface area contributed by atoms with E-state index in [0.717, 1.165) is 68.9 Å². The zero-order valence-corrected chi connectivity index (χ0v) is 34.9. The van der Waals surface area contributed by atoms with Gasteiger partial charge in [-0.1, -0.05) is 106 Å². The topological polar surface area (TPSA) is 241 Å². The highest BCUT2D eigenvalue weighted by atomic mass is 16.2. The number of carbonyl (C=O) groups excluding carboxylic acids is 5. The van der Waals surface area contributed by atoms with Crippen LogP contribution in [0.1, 0.15) is 108 Å². The van der Waals surface area contributed by atoms with Gasteiger partial charge >= 0.3 is 0 Å². The van der Waals surface area contributed by atoms with Gasteiger partial charge in [-0.25, -0.2) is 0 Å². The minimum absolute atomic E-state index is 0.0323. The van der Waals surface area contributed by atoms with E-state index in [9.17, 15) is 24.0 Å². The number of nitrogens with two attached hydrogens (primary N) is 4. The number of amides is 5. The van der Waals surface area contributed by atoms with Crippen LogP contribution in [0.4, 0.5) is 0 Å². The highest BCUT2D eigenvalue weighted by Gasteiger charge is 2.26. The van der Waals surface area contributed by atoms with Crippen molar-refractivity contribution in [2.24, 2.45) is 22.9 Å². The second-order valence-corrected chi connectivity index (χ2v) is 15.1. The standard InChI is InChI=1S/C44H73N9O5/c1-2-3-4-5-12-25-40(54)53(30-17-28-49-43(57)38(32-34-19-8-6-9-20-34)51-41(55)36(47)23-13-15-26-45)31-18-29-50-44(58)39(33-35-21-10-7-11-22-35)52-42(56)37(48)24-14-16-27-46/h6-11,19-22,36-39H,2-5,12-18,23-33,45-48H2,1H3,(H,49,57)(H,50,58)(H,51,55)(H,52,56)/t36-,37-,38-,39-/m1/s1. The van der Waals surface area contributed by atoms with Gasteiger partial charge in [0.1, 0.15) is 12.1 Å². The lowest BCUT2D eigenvalue weighted by atomic mass is 10.0. The summed E-state index contributed by atoms with van der Waals surface area (Å²) in [5.41, 5.74) is 25.2. The van der Waals surface area contributed by atoms with Crippen molar-refractivity contribution in [1.82, 2.24) is 26.2 Å². The molecule has 0 unspecified atom stereocenters. The quantitative estimate of drug-likeness (QED) is 0.0506. The molecule has 12 N–H and O–H groups in total. The van der Waals surface area contributed by atoms with Crippen molar-refractivity contribution in [2.75, 3.05) is 39.3 Å². The molecule has 0 saturated heterocycles. The largest absolute Gasteiger partial charge is 0.354 e. The van der Waals surface area contributed by atoms with Crippen LogP contribution in [0.25, 0.3) is 0 Å². The number of hydrogen-bond acceptors (Lipinski definition) is 9. The van der Waals surface area contributed by atoms with Crippen LogP contribution in [0.5, 0.6) is 0 Å². The molecular weight excluding hydrogens is 735 g/mol. The summed E-state index contributed by atoms with van der Waals surface area (Å²) in [5, 5.41) is 11.6. The van der Waals surface area contributed by atoms with E-state index >= 15 is 0 Å². The maximum Gasteiger partial charge on any atom is 0.242 e. The maximum atomic E-state index is 13.4. The molecule has 0 aliphatic rings. The molecule has 0 fully saturated rings. The van der Waals surface area contributed by atoms with E-state index in [1.807, 2.05) is 60.7 Å². The first kappa shape index (κ1) is 49.8. The van der Waals surface area contributed by atoms with Gasteiger partial charge in [0.2, 0.25) is 29.5 Å². The van der Waals surface area contributed by atoms with Gasteiger partial charge in [0.25, 0.3) is 0 Å². The lowest BCUT2D eigenvalue weighted by Gasteiger charge is -2.25. The Morgan fingerprint density at radius 2 is 0.983 bits per heavy atom. The number of nitrogens with zero attached hydrogens (tertiary/aromatic N) is 1. The summed E-state index contributed by atoms with van der Waals surface area (Å²) in [4.78, 5) is 68.0. The molecule has 0 spiro atoms. The molecule has 324 valence electrons. The Bertz CT molecular complexity index is 1350. The molecule has 0 bridgehead atoms. The molecule has 4 atom stereocenters. The lowest BCUT2D eigenvalue weighted by molar-refractivity contribution is -0.131. The summed E-state index contributed by atoms with van der Waals surface area (Å²) in [6.07, 6.45) is 11.1. The summed E-state index contributed by atoms with van der Waals surface area (Å²) in [7, 11) is 0. The number of benzene rings is 2. The van der Waals surface area contributed by atoms with Crippen LogP contribution in [0.3, 0.4) is 0 Å². The first-order valence-electron chi connectivity index (χ1n) is 21.5. The molecule has 14 heteroatoms. The van der Waals surface area contributed by atoms with Crippen LogP contribution in [0.15, 0.2) is 60.7 Å². The normalized spacial score (nSPS) is 13.1. The van der Waals surface area contributed by atoms with Crippen LogP contribution in [0.2, 0.25) is 0 Å². The van der Waals surface area contributed by atoms with Crippen LogP contribution in [-0.2, 0) is 36.8 Å². The summed E-state index contributed by atoms with van der Waals surface area (Å²) >= 11 is 0. The Labute approximate surface area is 346 Å². The van der Waals surface area contributed by atoms with E-state index in [2.05, 4.69) is 28.2 Å². The zero-order valence-electron chi connectivity index (χ0n) is 34.9. The third-order valence-corrected chi connectivity index (χ3v) is 10.1. The fraction of sp³-hybridized carbons (Fsp3) is 0.614. The predicted octanol–water partition coefficient (Wildman–Crippen LogP) is 2.56. The first-order chi connectivity index (χ1) is 28.1. The molecule has 0 aliphatic carbocycles. The molecule has 2 aromatic rings. The van der Waals surface area contributed by atoms with E-state index in [-0.39, 0.29) is 29.5 Å². The third-order valence-electron chi connectivity index (χ3n) is 10.1. The molecule has 0 saturated carbocycles. The van der Waals surface area contributed by atoms with E-state index < -0.39 is 24.2 Å². The number of carbonyl (C=O) groups is 5. The molecule has 14 nitrogen and oxygen atoms in total. The van der Waals surface area contributed by atoms with Gasteiger partial charge < -0.3 is 49.1 Å². The van der Waals surface area contributed by atoms with E-state index in [0.29, 0.717) is 84.2 Å². The Hall–Kier alpha value is -4.37. The summed E-state index contributed by atoms with van der Waals surface area (Å²) < 4.78 is 0. The third kappa shape index (κ3) is 21.4. The van der Waals surface area contributed by atoms with Crippen LogP contribution < -0.4 is 44.2 Å². The molecule has 0 aliphatic heterocycles. The molecule has 2 rings (SSSR count). The Morgan fingerprint density at radius 1 is 0.552 bits per heavy atom. The van der Waals surface area contributed by atoms with Crippen molar-refractivity contribution in [3.63, 3.8) is 0 Å². The van der Waals surface area contributed by atoms with Crippen molar-refractivity contribution in [1.29, 1.82) is 0 Å². The van der Waals surface area contributed by atoms with Crippen molar-refractivity contribution in [3.8, 4) is 0 Å². The second kappa shape index (κ2) is 30.7. The van der Waals surface area contributed by atoms with Crippen molar-refractivity contribution in [3.05, 3.63) is 71.8 Å². The predicted molar refractivity (Wildman–Crippen MR) is 231 cm³/mol. The van der Waals surface area contributed by atoms with Crippen molar-refractivity contribution < 1.29 is 24.0 Å².